The molecule has 7 nitrogen and oxygen atoms in total. The summed E-state index contributed by atoms with van der Waals surface area (Å²) >= 11 is 0. The molecule has 7 heteroatoms. The van der Waals surface area contributed by atoms with Gasteiger partial charge in [0.05, 0.1) is 0 Å². The molecule has 0 saturated carbocycles. The van der Waals surface area contributed by atoms with Gasteiger partial charge in [0, 0.05) is 38.2 Å². The zero-order valence-corrected chi connectivity index (χ0v) is 15.7. The highest BCUT2D eigenvalue weighted by Gasteiger charge is 2.22. The minimum atomic E-state index is -0.106. The molecule has 0 radical (unpaired) electrons. The highest BCUT2D eigenvalue weighted by Crippen LogP contribution is 2.18. The van der Waals surface area contributed by atoms with Crippen molar-refractivity contribution in [1.29, 1.82) is 0 Å². The molecule has 1 unspecified atom stereocenters. The van der Waals surface area contributed by atoms with Crippen molar-refractivity contribution < 1.29 is 4.79 Å². The van der Waals surface area contributed by atoms with E-state index in [2.05, 4.69) is 37.3 Å². The van der Waals surface area contributed by atoms with Gasteiger partial charge in [0.25, 0.3) is 5.91 Å². The molecule has 1 aromatic carbocycles. The molecule has 0 spiro atoms. The second-order valence-electron chi connectivity index (χ2n) is 7.14. The monoisotopic (exact) mass is 364 g/mol. The van der Waals surface area contributed by atoms with Crippen LogP contribution in [0, 0.1) is 6.92 Å². The number of hydrogen-bond acceptors (Lipinski definition) is 4. The SMILES string of the molecule is Cc1cc(C(=O)NC2CCc3nnc(Cc4ccccc4)n3CC2)nn1C. The third-order valence-corrected chi connectivity index (χ3v) is 5.21. The Balaban J connectivity index is 1.42. The molecule has 0 fully saturated rings. The predicted molar refractivity (Wildman–Crippen MR) is 101 cm³/mol. The van der Waals surface area contributed by atoms with Crippen LogP contribution in [0.25, 0.3) is 0 Å². The number of fused-ring (bicyclic) bond motifs is 1. The van der Waals surface area contributed by atoms with Crippen LogP contribution in [0.2, 0.25) is 0 Å². The standard InChI is InChI=1S/C20H24N6O/c1-14-12-17(24-25(14)2)20(27)21-16-8-9-18-22-23-19(26(18)11-10-16)13-15-6-4-3-5-7-15/h3-7,12,16H,8-11,13H2,1-2H3,(H,21,27). The molecule has 2 aromatic heterocycles. The van der Waals surface area contributed by atoms with Crippen molar-refractivity contribution in [2.75, 3.05) is 0 Å². The van der Waals surface area contributed by atoms with Gasteiger partial charge in [-0.1, -0.05) is 30.3 Å². The van der Waals surface area contributed by atoms with Crippen molar-refractivity contribution in [1.82, 2.24) is 29.9 Å². The van der Waals surface area contributed by atoms with E-state index in [0.29, 0.717) is 5.69 Å². The van der Waals surface area contributed by atoms with Crippen LogP contribution in [0.15, 0.2) is 36.4 Å². The van der Waals surface area contributed by atoms with Gasteiger partial charge in [-0.25, -0.2) is 0 Å². The fourth-order valence-corrected chi connectivity index (χ4v) is 3.53. The molecule has 3 aromatic rings. The number of carbonyl (C=O) groups excluding carboxylic acids is 1. The van der Waals surface area contributed by atoms with E-state index in [9.17, 15) is 4.79 Å². The summed E-state index contributed by atoms with van der Waals surface area (Å²) in [5.74, 6) is 1.89. The van der Waals surface area contributed by atoms with Crippen molar-refractivity contribution in [3.8, 4) is 0 Å². The Labute approximate surface area is 158 Å². The Morgan fingerprint density at radius 2 is 2.04 bits per heavy atom. The zero-order valence-electron chi connectivity index (χ0n) is 15.7. The molecule has 4 rings (SSSR count). The number of nitrogens with one attached hydrogen (secondary N) is 1. The fourth-order valence-electron chi connectivity index (χ4n) is 3.53. The highest BCUT2D eigenvalue weighted by atomic mass is 16.2. The van der Waals surface area contributed by atoms with Gasteiger partial charge >= 0.3 is 0 Å². The van der Waals surface area contributed by atoms with Gasteiger partial charge in [-0.15, -0.1) is 10.2 Å². The summed E-state index contributed by atoms with van der Waals surface area (Å²) in [5.41, 5.74) is 2.67. The number of benzene rings is 1. The molecule has 0 bridgehead atoms. The average molecular weight is 364 g/mol. The van der Waals surface area contributed by atoms with Gasteiger partial charge < -0.3 is 9.88 Å². The van der Waals surface area contributed by atoms with Gasteiger partial charge in [0.1, 0.15) is 17.3 Å². The third-order valence-electron chi connectivity index (χ3n) is 5.21. The Morgan fingerprint density at radius 1 is 1.22 bits per heavy atom. The first-order valence-electron chi connectivity index (χ1n) is 9.36. The van der Waals surface area contributed by atoms with Crippen LogP contribution in [-0.2, 0) is 26.4 Å². The maximum Gasteiger partial charge on any atom is 0.272 e. The van der Waals surface area contributed by atoms with Gasteiger partial charge in [-0.05, 0) is 31.4 Å². The minimum Gasteiger partial charge on any atom is -0.348 e. The molecule has 3 heterocycles. The normalized spacial score (nSPS) is 16.6. The first-order chi connectivity index (χ1) is 13.1. The van der Waals surface area contributed by atoms with E-state index in [1.54, 1.807) is 4.68 Å². The fraction of sp³-hybridized carbons (Fsp3) is 0.400. The highest BCUT2D eigenvalue weighted by molar-refractivity contribution is 5.92. The van der Waals surface area contributed by atoms with E-state index in [0.717, 1.165) is 49.6 Å². The van der Waals surface area contributed by atoms with Crippen LogP contribution < -0.4 is 5.32 Å². The van der Waals surface area contributed by atoms with Crippen LogP contribution in [0.5, 0.6) is 0 Å². The quantitative estimate of drug-likeness (QED) is 0.769. The Hall–Kier alpha value is -2.96. The minimum absolute atomic E-state index is 0.106. The summed E-state index contributed by atoms with van der Waals surface area (Å²) in [4.78, 5) is 12.5. The first-order valence-corrected chi connectivity index (χ1v) is 9.36. The van der Waals surface area contributed by atoms with E-state index in [1.807, 2.05) is 38.2 Å². The molecule has 0 aliphatic carbocycles. The summed E-state index contributed by atoms with van der Waals surface area (Å²) in [6, 6.07) is 12.3. The molecule has 27 heavy (non-hydrogen) atoms. The largest absolute Gasteiger partial charge is 0.348 e. The Bertz CT molecular complexity index is 923. The van der Waals surface area contributed by atoms with Crippen molar-refractivity contribution in [3.63, 3.8) is 0 Å². The van der Waals surface area contributed by atoms with E-state index in [4.69, 9.17) is 0 Å². The Morgan fingerprint density at radius 3 is 2.78 bits per heavy atom. The van der Waals surface area contributed by atoms with Crippen molar-refractivity contribution >= 4 is 5.91 Å². The Kier molecular flexibility index (Phi) is 4.75. The second kappa shape index (κ2) is 7.34. The summed E-state index contributed by atoms with van der Waals surface area (Å²) < 4.78 is 3.93. The number of aromatic nitrogens is 5. The molecule has 1 atom stereocenters. The number of carbonyl (C=O) groups is 1. The maximum atomic E-state index is 12.5. The number of aryl methyl sites for hydroxylation is 3. The van der Waals surface area contributed by atoms with E-state index in [-0.39, 0.29) is 11.9 Å². The van der Waals surface area contributed by atoms with Crippen LogP contribution >= 0.6 is 0 Å². The van der Waals surface area contributed by atoms with Gasteiger partial charge in [0.15, 0.2) is 0 Å². The van der Waals surface area contributed by atoms with Gasteiger partial charge in [-0.3, -0.25) is 9.48 Å². The van der Waals surface area contributed by atoms with Crippen molar-refractivity contribution in [2.24, 2.45) is 7.05 Å². The van der Waals surface area contributed by atoms with Crippen LogP contribution in [0.3, 0.4) is 0 Å². The lowest BCUT2D eigenvalue weighted by molar-refractivity contribution is 0.0927. The zero-order chi connectivity index (χ0) is 18.8. The molecule has 1 aliphatic heterocycles. The summed E-state index contributed by atoms with van der Waals surface area (Å²) in [5, 5.41) is 16.2. The lowest BCUT2D eigenvalue weighted by Crippen LogP contribution is -2.35. The smallest absolute Gasteiger partial charge is 0.272 e. The second-order valence-corrected chi connectivity index (χ2v) is 7.14. The topological polar surface area (TPSA) is 77.6 Å². The number of amides is 1. The molecule has 140 valence electrons. The number of rotatable bonds is 4. The number of nitrogens with zero attached hydrogens (tertiary/aromatic N) is 5. The van der Waals surface area contributed by atoms with E-state index in [1.165, 1.54) is 5.56 Å². The van der Waals surface area contributed by atoms with Crippen LogP contribution in [-0.4, -0.2) is 36.5 Å². The lowest BCUT2D eigenvalue weighted by atomic mass is 10.1. The van der Waals surface area contributed by atoms with Gasteiger partial charge in [-0.2, -0.15) is 5.10 Å². The lowest BCUT2D eigenvalue weighted by Gasteiger charge is -2.15. The molecular formula is C20H24N6O. The molecule has 1 aliphatic rings. The molecule has 1 amide bonds. The van der Waals surface area contributed by atoms with Crippen molar-refractivity contribution in [2.45, 2.75) is 45.2 Å². The molecule has 1 N–H and O–H groups in total. The first kappa shape index (κ1) is 17.5. The van der Waals surface area contributed by atoms with Crippen LogP contribution in [0.4, 0.5) is 0 Å². The van der Waals surface area contributed by atoms with E-state index >= 15 is 0 Å². The molecular weight excluding hydrogens is 340 g/mol. The maximum absolute atomic E-state index is 12.5. The predicted octanol–water partition coefficient (Wildman–Crippen LogP) is 2.05. The van der Waals surface area contributed by atoms with Gasteiger partial charge in [0.2, 0.25) is 0 Å². The average Bonchev–Trinajstić information content (AvgIpc) is 3.14. The summed E-state index contributed by atoms with van der Waals surface area (Å²) in [6.07, 6.45) is 3.32. The van der Waals surface area contributed by atoms with Crippen molar-refractivity contribution in [3.05, 3.63) is 65.0 Å². The van der Waals surface area contributed by atoms with E-state index < -0.39 is 0 Å². The molecule has 0 saturated heterocycles. The number of hydrogen-bond donors (Lipinski definition) is 1. The third kappa shape index (κ3) is 3.77. The summed E-state index contributed by atoms with van der Waals surface area (Å²) in [6.45, 7) is 2.76. The summed E-state index contributed by atoms with van der Waals surface area (Å²) in [7, 11) is 1.85. The van der Waals surface area contributed by atoms with Crippen LogP contribution in [0.1, 0.15) is 46.2 Å².